The zero-order valence-electron chi connectivity index (χ0n) is 12.3. The van der Waals surface area contributed by atoms with Crippen LogP contribution in [-0.2, 0) is 0 Å². The maximum atomic E-state index is 12.6. The average molecular weight is 370 g/mol. The van der Waals surface area contributed by atoms with E-state index in [4.69, 9.17) is 34.8 Å². The maximum Gasteiger partial charge on any atom is 0.255 e. The molecule has 3 nitrogen and oxygen atoms in total. The van der Waals surface area contributed by atoms with E-state index in [2.05, 4.69) is 4.90 Å². The quantitative estimate of drug-likeness (QED) is 0.772. The van der Waals surface area contributed by atoms with E-state index in [0.717, 1.165) is 23.8 Å². The fourth-order valence-electron chi connectivity index (χ4n) is 2.65. The standard InChI is InChI=1S/C17H15Cl3N2O/c18-12-1-4-14(5-2-12)21-7-9-22(10-8-21)17(23)15-6-3-13(19)11-16(15)20/h1-6,11H,7-10H2. The van der Waals surface area contributed by atoms with Gasteiger partial charge in [0.15, 0.2) is 0 Å². The van der Waals surface area contributed by atoms with Crippen molar-refractivity contribution in [1.82, 2.24) is 4.90 Å². The second kappa shape index (κ2) is 7.00. The Morgan fingerprint density at radius 1 is 0.826 bits per heavy atom. The average Bonchev–Trinajstić information content (AvgIpc) is 2.55. The van der Waals surface area contributed by atoms with Gasteiger partial charge in [0.05, 0.1) is 10.6 Å². The lowest BCUT2D eigenvalue weighted by Gasteiger charge is -2.36. The summed E-state index contributed by atoms with van der Waals surface area (Å²) in [6, 6.07) is 12.7. The highest BCUT2D eigenvalue weighted by atomic mass is 35.5. The van der Waals surface area contributed by atoms with Gasteiger partial charge in [0, 0.05) is 41.9 Å². The normalized spacial score (nSPS) is 14.9. The molecule has 23 heavy (non-hydrogen) atoms. The molecule has 6 heteroatoms. The molecule has 1 amide bonds. The van der Waals surface area contributed by atoms with Crippen LogP contribution in [0.4, 0.5) is 5.69 Å². The molecular formula is C17H15Cl3N2O. The van der Waals surface area contributed by atoms with Crippen LogP contribution in [0.5, 0.6) is 0 Å². The highest BCUT2D eigenvalue weighted by molar-refractivity contribution is 6.36. The number of carbonyl (C=O) groups is 1. The third-order valence-electron chi connectivity index (χ3n) is 3.92. The Balaban J connectivity index is 1.66. The number of anilines is 1. The van der Waals surface area contributed by atoms with Crippen LogP contribution in [0.25, 0.3) is 0 Å². The molecule has 0 saturated carbocycles. The molecule has 1 aliphatic rings. The van der Waals surface area contributed by atoms with Gasteiger partial charge in [0.1, 0.15) is 0 Å². The summed E-state index contributed by atoms with van der Waals surface area (Å²) in [5, 5.41) is 1.64. The van der Waals surface area contributed by atoms with Crippen LogP contribution < -0.4 is 4.90 Å². The molecular weight excluding hydrogens is 355 g/mol. The molecule has 1 aliphatic heterocycles. The van der Waals surface area contributed by atoms with Gasteiger partial charge in [0.2, 0.25) is 0 Å². The van der Waals surface area contributed by atoms with E-state index in [1.807, 2.05) is 29.2 Å². The first kappa shape index (κ1) is 16.4. The number of hydrogen-bond donors (Lipinski definition) is 0. The van der Waals surface area contributed by atoms with Gasteiger partial charge in [-0.15, -0.1) is 0 Å². The van der Waals surface area contributed by atoms with E-state index < -0.39 is 0 Å². The number of nitrogens with zero attached hydrogens (tertiary/aromatic N) is 2. The van der Waals surface area contributed by atoms with E-state index in [0.29, 0.717) is 28.7 Å². The van der Waals surface area contributed by atoms with Gasteiger partial charge < -0.3 is 9.80 Å². The number of rotatable bonds is 2. The summed E-state index contributed by atoms with van der Waals surface area (Å²) in [5.74, 6) is -0.0533. The summed E-state index contributed by atoms with van der Waals surface area (Å²) in [4.78, 5) is 16.6. The van der Waals surface area contributed by atoms with Crippen molar-refractivity contribution >= 4 is 46.4 Å². The fourth-order valence-corrected chi connectivity index (χ4v) is 3.27. The first-order chi connectivity index (χ1) is 11.0. The van der Waals surface area contributed by atoms with Gasteiger partial charge in [-0.05, 0) is 42.5 Å². The molecule has 3 rings (SSSR count). The predicted octanol–water partition coefficient (Wildman–Crippen LogP) is 4.61. The van der Waals surface area contributed by atoms with Crippen LogP contribution in [0.3, 0.4) is 0 Å². The summed E-state index contributed by atoms with van der Waals surface area (Å²) < 4.78 is 0. The third-order valence-corrected chi connectivity index (χ3v) is 4.72. The maximum absolute atomic E-state index is 12.6. The van der Waals surface area contributed by atoms with Crippen molar-refractivity contribution in [3.63, 3.8) is 0 Å². The second-order valence-corrected chi connectivity index (χ2v) is 6.66. The van der Waals surface area contributed by atoms with Crippen LogP contribution in [0, 0.1) is 0 Å². The Morgan fingerprint density at radius 2 is 1.43 bits per heavy atom. The first-order valence-electron chi connectivity index (χ1n) is 7.29. The van der Waals surface area contributed by atoms with Gasteiger partial charge in [0.25, 0.3) is 5.91 Å². The number of amides is 1. The Kier molecular flexibility index (Phi) is 5.00. The topological polar surface area (TPSA) is 23.6 Å². The van der Waals surface area contributed by atoms with Gasteiger partial charge in [-0.2, -0.15) is 0 Å². The lowest BCUT2D eigenvalue weighted by Crippen LogP contribution is -2.48. The Labute approximate surface area is 150 Å². The summed E-state index contributed by atoms with van der Waals surface area (Å²) in [6.45, 7) is 2.86. The minimum atomic E-state index is -0.0533. The number of halogens is 3. The van der Waals surface area contributed by atoms with Gasteiger partial charge in [-0.3, -0.25) is 4.79 Å². The first-order valence-corrected chi connectivity index (χ1v) is 8.43. The molecule has 2 aromatic rings. The van der Waals surface area contributed by atoms with Gasteiger partial charge in [-0.25, -0.2) is 0 Å². The highest BCUT2D eigenvalue weighted by Gasteiger charge is 2.23. The smallest absolute Gasteiger partial charge is 0.255 e. The molecule has 1 heterocycles. The number of piperazine rings is 1. The summed E-state index contributed by atoms with van der Waals surface area (Å²) >= 11 is 17.9. The molecule has 120 valence electrons. The molecule has 1 fully saturated rings. The van der Waals surface area contributed by atoms with Crippen LogP contribution in [-0.4, -0.2) is 37.0 Å². The van der Waals surface area contributed by atoms with Crippen molar-refractivity contribution in [2.24, 2.45) is 0 Å². The Morgan fingerprint density at radius 3 is 2.04 bits per heavy atom. The molecule has 0 bridgehead atoms. The third kappa shape index (κ3) is 3.74. The van der Waals surface area contributed by atoms with Crippen molar-refractivity contribution in [2.45, 2.75) is 0 Å². The zero-order valence-corrected chi connectivity index (χ0v) is 14.6. The lowest BCUT2D eigenvalue weighted by molar-refractivity contribution is 0.0747. The molecule has 0 aromatic heterocycles. The summed E-state index contributed by atoms with van der Waals surface area (Å²) in [7, 11) is 0. The van der Waals surface area contributed by atoms with E-state index in [1.165, 1.54) is 0 Å². The van der Waals surface area contributed by atoms with Crippen molar-refractivity contribution in [1.29, 1.82) is 0 Å². The van der Waals surface area contributed by atoms with Crippen LogP contribution in [0.2, 0.25) is 15.1 Å². The lowest BCUT2D eigenvalue weighted by atomic mass is 10.1. The minimum absolute atomic E-state index is 0.0533. The van der Waals surface area contributed by atoms with Crippen molar-refractivity contribution in [2.75, 3.05) is 31.1 Å². The molecule has 0 spiro atoms. The highest BCUT2D eigenvalue weighted by Crippen LogP contribution is 2.24. The van der Waals surface area contributed by atoms with Gasteiger partial charge >= 0.3 is 0 Å². The Hall–Kier alpha value is -1.42. The summed E-state index contributed by atoms with van der Waals surface area (Å²) in [6.07, 6.45) is 0. The molecule has 0 radical (unpaired) electrons. The minimum Gasteiger partial charge on any atom is -0.368 e. The summed E-state index contributed by atoms with van der Waals surface area (Å²) in [5.41, 5.74) is 1.61. The van der Waals surface area contributed by atoms with E-state index in [-0.39, 0.29) is 5.91 Å². The van der Waals surface area contributed by atoms with E-state index in [1.54, 1.807) is 18.2 Å². The van der Waals surface area contributed by atoms with Crippen molar-refractivity contribution in [3.8, 4) is 0 Å². The van der Waals surface area contributed by atoms with Crippen molar-refractivity contribution < 1.29 is 4.79 Å². The van der Waals surface area contributed by atoms with Crippen molar-refractivity contribution in [3.05, 3.63) is 63.1 Å². The molecule has 0 N–H and O–H groups in total. The number of carbonyl (C=O) groups excluding carboxylic acids is 1. The fraction of sp³-hybridized carbons (Fsp3) is 0.235. The number of hydrogen-bond acceptors (Lipinski definition) is 2. The van der Waals surface area contributed by atoms with E-state index >= 15 is 0 Å². The largest absolute Gasteiger partial charge is 0.368 e. The molecule has 0 atom stereocenters. The monoisotopic (exact) mass is 368 g/mol. The molecule has 1 saturated heterocycles. The zero-order chi connectivity index (χ0) is 16.4. The van der Waals surface area contributed by atoms with Crippen LogP contribution in [0.1, 0.15) is 10.4 Å². The van der Waals surface area contributed by atoms with E-state index in [9.17, 15) is 4.79 Å². The number of benzene rings is 2. The predicted molar refractivity (Wildman–Crippen MR) is 96.0 cm³/mol. The van der Waals surface area contributed by atoms with Crippen LogP contribution >= 0.6 is 34.8 Å². The Bertz CT molecular complexity index is 710. The second-order valence-electron chi connectivity index (χ2n) is 5.38. The SMILES string of the molecule is O=C(c1ccc(Cl)cc1Cl)N1CCN(c2ccc(Cl)cc2)CC1. The van der Waals surface area contributed by atoms with Crippen LogP contribution in [0.15, 0.2) is 42.5 Å². The molecule has 0 unspecified atom stereocenters. The molecule has 2 aromatic carbocycles. The van der Waals surface area contributed by atoms with Gasteiger partial charge in [-0.1, -0.05) is 34.8 Å². The molecule has 0 aliphatic carbocycles.